The number of guanidine groups is 1. The Labute approximate surface area is 135 Å². The molecule has 124 valence electrons. The van der Waals surface area contributed by atoms with Crippen LogP contribution in [0.15, 0.2) is 29.3 Å². The van der Waals surface area contributed by atoms with Gasteiger partial charge in [0.05, 0.1) is 6.61 Å². The van der Waals surface area contributed by atoms with Crippen LogP contribution in [0.5, 0.6) is 0 Å². The standard InChI is InChI=1S/C17H30N4O/c1-15-6-8-16(9-7-15)14-21(4)17(18-2)19-10-11-20(3)12-13-22-5/h6-9H,10-14H2,1-5H3,(H,18,19). The lowest BCUT2D eigenvalue weighted by atomic mass is 10.1. The van der Waals surface area contributed by atoms with Gasteiger partial charge >= 0.3 is 0 Å². The van der Waals surface area contributed by atoms with Gasteiger partial charge in [0.25, 0.3) is 0 Å². The average molecular weight is 306 g/mol. The first kappa shape index (κ1) is 18.5. The van der Waals surface area contributed by atoms with Crippen LogP contribution in [-0.4, -0.2) is 70.3 Å². The number of hydrogen-bond acceptors (Lipinski definition) is 3. The molecule has 0 heterocycles. The van der Waals surface area contributed by atoms with Crippen molar-refractivity contribution < 1.29 is 4.74 Å². The third-order valence-electron chi connectivity index (χ3n) is 3.57. The Balaban J connectivity index is 2.38. The van der Waals surface area contributed by atoms with E-state index in [9.17, 15) is 0 Å². The fourth-order valence-corrected chi connectivity index (χ4v) is 2.14. The summed E-state index contributed by atoms with van der Waals surface area (Å²) in [6, 6.07) is 8.61. The zero-order valence-corrected chi connectivity index (χ0v) is 14.6. The van der Waals surface area contributed by atoms with Crippen molar-refractivity contribution in [3.63, 3.8) is 0 Å². The molecule has 0 radical (unpaired) electrons. The minimum atomic E-state index is 0.762. The summed E-state index contributed by atoms with van der Waals surface area (Å²) in [6.07, 6.45) is 0. The molecule has 5 nitrogen and oxygen atoms in total. The molecule has 0 amide bonds. The van der Waals surface area contributed by atoms with Crippen molar-refractivity contribution in [2.75, 3.05) is 54.5 Å². The van der Waals surface area contributed by atoms with Gasteiger partial charge in [-0.3, -0.25) is 4.99 Å². The first-order chi connectivity index (χ1) is 10.6. The quantitative estimate of drug-likeness (QED) is 0.585. The number of aliphatic imine (C=N–C) groups is 1. The Hall–Kier alpha value is -1.59. The highest BCUT2D eigenvalue weighted by atomic mass is 16.5. The summed E-state index contributed by atoms with van der Waals surface area (Å²) >= 11 is 0. The molecule has 0 atom stereocenters. The highest BCUT2D eigenvalue weighted by molar-refractivity contribution is 5.79. The summed E-state index contributed by atoms with van der Waals surface area (Å²) in [6.45, 7) is 6.48. The third-order valence-corrected chi connectivity index (χ3v) is 3.57. The fraction of sp³-hybridized carbons (Fsp3) is 0.588. The second-order valence-electron chi connectivity index (χ2n) is 5.61. The van der Waals surface area contributed by atoms with E-state index in [0.717, 1.165) is 38.7 Å². The van der Waals surface area contributed by atoms with Gasteiger partial charge in [0.15, 0.2) is 5.96 Å². The molecule has 0 saturated heterocycles. The van der Waals surface area contributed by atoms with Gasteiger partial charge < -0.3 is 19.9 Å². The lowest BCUT2D eigenvalue weighted by Crippen LogP contribution is -2.42. The minimum Gasteiger partial charge on any atom is -0.383 e. The van der Waals surface area contributed by atoms with Gasteiger partial charge in [-0.1, -0.05) is 29.8 Å². The topological polar surface area (TPSA) is 40.1 Å². The Kier molecular flexibility index (Phi) is 8.55. The van der Waals surface area contributed by atoms with Crippen LogP contribution < -0.4 is 5.32 Å². The Morgan fingerprint density at radius 3 is 2.45 bits per heavy atom. The molecular weight excluding hydrogens is 276 g/mol. The van der Waals surface area contributed by atoms with E-state index in [0.29, 0.717) is 0 Å². The molecule has 1 aromatic rings. The molecule has 22 heavy (non-hydrogen) atoms. The van der Waals surface area contributed by atoms with E-state index in [1.807, 2.05) is 7.05 Å². The van der Waals surface area contributed by atoms with Crippen molar-refractivity contribution in [2.24, 2.45) is 4.99 Å². The molecule has 1 aromatic carbocycles. The van der Waals surface area contributed by atoms with E-state index in [1.54, 1.807) is 7.11 Å². The Morgan fingerprint density at radius 2 is 1.86 bits per heavy atom. The van der Waals surface area contributed by atoms with Crippen LogP contribution in [0.3, 0.4) is 0 Å². The van der Waals surface area contributed by atoms with Crippen LogP contribution in [0, 0.1) is 6.92 Å². The maximum atomic E-state index is 5.08. The average Bonchev–Trinajstić information content (AvgIpc) is 2.51. The number of rotatable bonds is 8. The maximum absolute atomic E-state index is 5.08. The maximum Gasteiger partial charge on any atom is 0.193 e. The fourth-order valence-electron chi connectivity index (χ4n) is 2.14. The van der Waals surface area contributed by atoms with Gasteiger partial charge in [-0.15, -0.1) is 0 Å². The molecule has 0 aliphatic carbocycles. The molecule has 0 fully saturated rings. The smallest absolute Gasteiger partial charge is 0.193 e. The number of benzene rings is 1. The molecular formula is C17H30N4O. The molecule has 1 rings (SSSR count). The number of likely N-dealkylation sites (N-methyl/N-ethyl adjacent to an activating group) is 1. The zero-order valence-electron chi connectivity index (χ0n) is 14.6. The summed E-state index contributed by atoms with van der Waals surface area (Å²) in [5, 5.41) is 3.40. The van der Waals surface area contributed by atoms with E-state index < -0.39 is 0 Å². The number of hydrogen-bond donors (Lipinski definition) is 1. The highest BCUT2D eigenvalue weighted by Crippen LogP contribution is 2.05. The SMILES string of the molecule is CN=C(NCCN(C)CCOC)N(C)Cc1ccc(C)cc1. The van der Waals surface area contributed by atoms with E-state index in [-0.39, 0.29) is 0 Å². The van der Waals surface area contributed by atoms with Crippen molar-refractivity contribution in [3.05, 3.63) is 35.4 Å². The monoisotopic (exact) mass is 306 g/mol. The van der Waals surface area contributed by atoms with Crippen molar-refractivity contribution >= 4 is 5.96 Å². The largest absolute Gasteiger partial charge is 0.383 e. The summed E-state index contributed by atoms with van der Waals surface area (Å²) in [5.41, 5.74) is 2.57. The molecule has 0 aromatic heterocycles. The molecule has 0 spiro atoms. The lowest BCUT2D eigenvalue weighted by Gasteiger charge is -2.23. The van der Waals surface area contributed by atoms with Gasteiger partial charge in [0.1, 0.15) is 0 Å². The van der Waals surface area contributed by atoms with Crippen molar-refractivity contribution in [2.45, 2.75) is 13.5 Å². The van der Waals surface area contributed by atoms with Gasteiger partial charge in [0.2, 0.25) is 0 Å². The number of nitrogens with one attached hydrogen (secondary N) is 1. The van der Waals surface area contributed by atoms with E-state index in [2.05, 4.69) is 65.4 Å². The molecule has 0 bridgehead atoms. The number of methoxy groups -OCH3 is 1. The first-order valence-electron chi connectivity index (χ1n) is 7.71. The molecule has 0 saturated carbocycles. The number of nitrogens with zero attached hydrogens (tertiary/aromatic N) is 3. The zero-order chi connectivity index (χ0) is 16.4. The van der Waals surface area contributed by atoms with Gasteiger partial charge in [0, 0.05) is 47.4 Å². The van der Waals surface area contributed by atoms with Gasteiger partial charge in [-0.25, -0.2) is 0 Å². The molecule has 0 aliphatic heterocycles. The van der Waals surface area contributed by atoms with E-state index >= 15 is 0 Å². The first-order valence-corrected chi connectivity index (χ1v) is 7.71. The lowest BCUT2D eigenvalue weighted by molar-refractivity contribution is 0.162. The molecule has 0 unspecified atom stereocenters. The van der Waals surface area contributed by atoms with Gasteiger partial charge in [-0.2, -0.15) is 0 Å². The van der Waals surface area contributed by atoms with Crippen molar-refractivity contribution in [3.8, 4) is 0 Å². The van der Waals surface area contributed by atoms with Crippen LogP contribution in [0.2, 0.25) is 0 Å². The summed E-state index contributed by atoms with van der Waals surface area (Å²) in [7, 11) is 7.71. The van der Waals surface area contributed by atoms with Crippen LogP contribution in [-0.2, 0) is 11.3 Å². The van der Waals surface area contributed by atoms with Crippen molar-refractivity contribution in [1.82, 2.24) is 15.1 Å². The number of aryl methyl sites for hydroxylation is 1. The predicted octanol–water partition coefficient (Wildman–Crippen LogP) is 1.58. The van der Waals surface area contributed by atoms with Crippen LogP contribution >= 0.6 is 0 Å². The van der Waals surface area contributed by atoms with Gasteiger partial charge in [-0.05, 0) is 19.5 Å². The second-order valence-corrected chi connectivity index (χ2v) is 5.61. The van der Waals surface area contributed by atoms with Crippen LogP contribution in [0.4, 0.5) is 0 Å². The summed E-state index contributed by atoms with van der Waals surface area (Å²) in [5.74, 6) is 0.917. The van der Waals surface area contributed by atoms with Crippen LogP contribution in [0.1, 0.15) is 11.1 Å². The van der Waals surface area contributed by atoms with Crippen molar-refractivity contribution in [1.29, 1.82) is 0 Å². The number of ether oxygens (including phenoxy) is 1. The van der Waals surface area contributed by atoms with E-state index in [4.69, 9.17) is 4.74 Å². The second kappa shape index (κ2) is 10.2. The summed E-state index contributed by atoms with van der Waals surface area (Å²) in [4.78, 5) is 8.73. The molecule has 0 aliphatic rings. The third kappa shape index (κ3) is 6.91. The Morgan fingerprint density at radius 1 is 1.18 bits per heavy atom. The minimum absolute atomic E-state index is 0.762. The predicted molar refractivity (Wildman–Crippen MR) is 93.4 cm³/mol. The molecule has 1 N–H and O–H groups in total. The van der Waals surface area contributed by atoms with E-state index in [1.165, 1.54) is 11.1 Å². The normalized spacial score (nSPS) is 11.8. The highest BCUT2D eigenvalue weighted by Gasteiger charge is 2.06. The summed E-state index contributed by atoms with van der Waals surface area (Å²) < 4.78 is 5.08. The van der Waals surface area contributed by atoms with Crippen LogP contribution in [0.25, 0.3) is 0 Å². The molecule has 5 heteroatoms. The Bertz CT molecular complexity index is 444.